The smallest absolute Gasteiger partial charge is 0.254 e. The number of morpholine rings is 1. The number of halogens is 2. The van der Waals surface area contributed by atoms with Crippen LogP contribution < -0.4 is 5.32 Å². The normalized spacial score (nSPS) is 20.4. The van der Waals surface area contributed by atoms with Gasteiger partial charge >= 0.3 is 0 Å². The van der Waals surface area contributed by atoms with E-state index in [9.17, 15) is 9.18 Å². The molecule has 1 aliphatic heterocycles. The third kappa shape index (κ3) is 5.51. The van der Waals surface area contributed by atoms with Crippen molar-refractivity contribution in [2.24, 2.45) is 0 Å². The lowest BCUT2D eigenvalue weighted by atomic mass is 10.1. The molecule has 0 bridgehead atoms. The van der Waals surface area contributed by atoms with E-state index in [4.69, 9.17) is 16.3 Å². The van der Waals surface area contributed by atoms with Gasteiger partial charge in [-0.15, -0.1) is 0 Å². The first-order chi connectivity index (χ1) is 12.9. The molecule has 1 amide bonds. The minimum absolute atomic E-state index is 0.0466. The van der Waals surface area contributed by atoms with Crippen molar-refractivity contribution in [1.82, 2.24) is 10.2 Å². The summed E-state index contributed by atoms with van der Waals surface area (Å²) in [6, 6.07) is 12.0. The van der Waals surface area contributed by atoms with Crippen LogP contribution in [0.5, 0.6) is 0 Å². The van der Waals surface area contributed by atoms with Gasteiger partial charge in [0.05, 0.1) is 17.8 Å². The molecule has 0 aliphatic carbocycles. The quantitative estimate of drug-likeness (QED) is 0.838. The van der Waals surface area contributed by atoms with Crippen molar-refractivity contribution in [2.75, 3.05) is 13.1 Å². The monoisotopic (exact) mass is 390 g/mol. The second-order valence-corrected chi connectivity index (χ2v) is 7.51. The van der Waals surface area contributed by atoms with Gasteiger partial charge in [0.25, 0.3) is 5.91 Å². The predicted molar refractivity (Wildman–Crippen MR) is 104 cm³/mol. The second-order valence-electron chi connectivity index (χ2n) is 7.07. The van der Waals surface area contributed by atoms with E-state index in [0.717, 1.165) is 25.2 Å². The number of carbonyl (C=O) groups excluding carboxylic acids is 1. The third-order valence-electron chi connectivity index (χ3n) is 4.55. The lowest BCUT2D eigenvalue weighted by Gasteiger charge is -2.35. The van der Waals surface area contributed by atoms with Gasteiger partial charge in [0.15, 0.2) is 0 Å². The van der Waals surface area contributed by atoms with Crippen molar-refractivity contribution in [3.8, 4) is 0 Å². The van der Waals surface area contributed by atoms with Crippen LogP contribution in [0.1, 0.15) is 35.3 Å². The number of hydrogen-bond donors (Lipinski definition) is 1. The van der Waals surface area contributed by atoms with Crippen molar-refractivity contribution in [2.45, 2.75) is 39.1 Å². The summed E-state index contributed by atoms with van der Waals surface area (Å²) in [6.45, 7) is 7.24. The first-order valence-corrected chi connectivity index (χ1v) is 9.47. The minimum Gasteiger partial charge on any atom is -0.373 e. The van der Waals surface area contributed by atoms with Crippen molar-refractivity contribution in [3.63, 3.8) is 0 Å². The van der Waals surface area contributed by atoms with Crippen LogP contribution >= 0.6 is 11.6 Å². The van der Waals surface area contributed by atoms with E-state index < -0.39 is 11.7 Å². The first kappa shape index (κ1) is 19.8. The molecule has 1 N–H and O–H groups in total. The molecule has 1 aliphatic rings. The number of ether oxygens (including phenoxy) is 1. The molecule has 0 spiro atoms. The highest BCUT2D eigenvalue weighted by molar-refractivity contribution is 6.31. The maximum Gasteiger partial charge on any atom is 0.254 e. The van der Waals surface area contributed by atoms with Crippen LogP contribution in [0.15, 0.2) is 42.5 Å². The molecule has 6 heteroatoms. The molecule has 0 radical (unpaired) electrons. The number of nitrogens with zero attached hydrogens (tertiary/aromatic N) is 1. The fourth-order valence-electron chi connectivity index (χ4n) is 3.38. The van der Waals surface area contributed by atoms with Crippen LogP contribution in [-0.4, -0.2) is 36.1 Å². The maximum atomic E-state index is 13.7. The molecule has 0 aromatic heterocycles. The van der Waals surface area contributed by atoms with Gasteiger partial charge in [-0.1, -0.05) is 35.9 Å². The Bertz CT molecular complexity index is 787. The van der Waals surface area contributed by atoms with Crippen molar-refractivity contribution in [1.29, 1.82) is 0 Å². The fourth-order valence-corrected chi connectivity index (χ4v) is 3.56. The molecule has 2 aromatic rings. The predicted octanol–water partition coefficient (Wildman–Crippen LogP) is 4.02. The number of carbonyl (C=O) groups is 1. The van der Waals surface area contributed by atoms with Crippen LogP contribution in [0.25, 0.3) is 0 Å². The number of hydrogen-bond acceptors (Lipinski definition) is 3. The molecule has 144 valence electrons. The minimum atomic E-state index is -0.582. The summed E-state index contributed by atoms with van der Waals surface area (Å²) in [7, 11) is 0. The Balaban J connectivity index is 1.54. The Labute approximate surface area is 164 Å². The highest BCUT2D eigenvalue weighted by Gasteiger charge is 2.22. The Morgan fingerprint density at radius 2 is 1.78 bits per heavy atom. The Morgan fingerprint density at radius 1 is 1.15 bits per heavy atom. The summed E-state index contributed by atoms with van der Waals surface area (Å²) >= 11 is 5.83. The summed E-state index contributed by atoms with van der Waals surface area (Å²) in [5, 5.41) is 3.06. The van der Waals surface area contributed by atoms with Gasteiger partial charge in [0, 0.05) is 31.2 Å². The van der Waals surface area contributed by atoms with Gasteiger partial charge in [-0.2, -0.15) is 0 Å². The van der Waals surface area contributed by atoms with Gasteiger partial charge in [0.2, 0.25) is 0 Å². The van der Waals surface area contributed by atoms with Crippen LogP contribution in [0, 0.1) is 5.82 Å². The van der Waals surface area contributed by atoms with Gasteiger partial charge in [0.1, 0.15) is 5.82 Å². The molecule has 2 atom stereocenters. The van der Waals surface area contributed by atoms with E-state index in [1.807, 2.05) is 12.1 Å². The lowest BCUT2D eigenvalue weighted by molar-refractivity contribution is -0.0704. The maximum absolute atomic E-state index is 13.7. The summed E-state index contributed by atoms with van der Waals surface area (Å²) in [6.07, 6.45) is 0.491. The number of benzene rings is 2. The summed E-state index contributed by atoms with van der Waals surface area (Å²) in [5.41, 5.74) is 2.13. The molecule has 2 unspecified atom stereocenters. The van der Waals surface area contributed by atoms with E-state index >= 15 is 0 Å². The fraction of sp³-hybridized carbons (Fsp3) is 0.381. The van der Waals surface area contributed by atoms with E-state index in [0.29, 0.717) is 11.6 Å². The average Bonchev–Trinajstić information content (AvgIpc) is 2.62. The number of rotatable bonds is 5. The molecule has 3 rings (SSSR count). The Kier molecular flexibility index (Phi) is 6.47. The Hall–Kier alpha value is -1.95. The van der Waals surface area contributed by atoms with E-state index in [2.05, 4.69) is 36.2 Å². The summed E-state index contributed by atoms with van der Waals surface area (Å²) < 4.78 is 19.5. The summed E-state index contributed by atoms with van der Waals surface area (Å²) in [4.78, 5) is 14.5. The molecular weight excluding hydrogens is 367 g/mol. The molecule has 1 fully saturated rings. The lowest BCUT2D eigenvalue weighted by Crippen LogP contribution is -2.44. The zero-order valence-electron chi connectivity index (χ0n) is 15.5. The van der Waals surface area contributed by atoms with E-state index in [-0.39, 0.29) is 17.8 Å². The SMILES string of the molecule is CC1CN(Cc2ccc(CNC(=O)c3cc(Cl)ccc3F)cc2)CC(C)O1. The number of nitrogens with one attached hydrogen (secondary N) is 1. The van der Waals surface area contributed by atoms with Crippen LogP contribution in [0.3, 0.4) is 0 Å². The van der Waals surface area contributed by atoms with Crippen molar-refractivity contribution >= 4 is 17.5 Å². The zero-order valence-corrected chi connectivity index (χ0v) is 16.3. The van der Waals surface area contributed by atoms with Crippen molar-refractivity contribution in [3.05, 3.63) is 70.0 Å². The van der Waals surface area contributed by atoms with Crippen molar-refractivity contribution < 1.29 is 13.9 Å². The largest absolute Gasteiger partial charge is 0.373 e. The second kappa shape index (κ2) is 8.83. The summed E-state index contributed by atoms with van der Waals surface area (Å²) in [5.74, 6) is -1.06. The van der Waals surface area contributed by atoms with Gasteiger partial charge in [-0.25, -0.2) is 4.39 Å². The third-order valence-corrected chi connectivity index (χ3v) is 4.79. The van der Waals surface area contributed by atoms with Crippen LogP contribution in [0.4, 0.5) is 4.39 Å². The van der Waals surface area contributed by atoms with E-state index in [1.165, 1.54) is 23.8 Å². The van der Waals surface area contributed by atoms with Gasteiger partial charge in [-0.3, -0.25) is 9.69 Å². The number of amides is 1. The molecule has 2 aromatic carbocycles. The highest BCUT2D eigenvalue weighted by atomic mass is 35.5. The van der Waals surface area contributed by atoms with Crippen LogP contribution in [-0.2, 0) is 17.8 Å². The molecule has 1 heterocycles. The average molecular weight is 391 g/mol. The standard InChI is InChI=1S/C21H24ClFN2O2/c1-14-11-25(12-15(2)27-14)13-17-5-3-16(4-6-17)10-24-21(26)19-9-18(22)7-8-20(19)23/h3-9,14-15H,10-13H2,1-2H3,(H,24,26). The zero-order chi connectivity index (χ0) is 19.4. The highest BCUT2D eigenvalue weighted by Crippen LogP contribution is 2.16. The first-order valence-electron chi connectivity index (χ1n) is 9.09. The molecule has 0 saturated carbocycles. The molecule has 4 nitrogen and oxygen atoms in total. The topological polar surface area (TPSA) is 41.6 Å². The molecule has 27 heavy (non-hydrogen) atoms. The van der Waals surface area contributed by atoms with Gasteiger partial charge in [-0.05, 0) is 43.2 Å². The molecular formula is C21H24ClFN2O2. The van der Waals surface area contributed by atoms with Crippen LogP contribution in [0.2, 0.25) is 5.02 Å². The van der Waals surface area contributed by atoms with Gasteiger partial charge < -0.3 is 10.1 Å². The van der Waals surface area contributed by atoms with E-state index in [1.54, 1.807) is 0 Å². The Morgan fingerprint density at radius 3 is 2.44 bits per heavy atom. The molecule has 1 saturated heterocycles.